The van der Waals surface area contributed by atoms with Crippen molar-refractivity contribution in [2.75, 3.05) is 31.6 Å². The monoisotopic (exact) mass is 277 g/mol. The zero-order valence-corrected chi connectivity index (χ0v) is 12.8. The van der Waals surface area contributed by atoms with E-state index in [0.29, 0.717) is 12.5 Å². The Morgan fingerprint density at radius 3 is 3.10 bits per heavy atom. The number of likely N-dealkylation sites (tertiary alicyclic amines) is 1. The van der Waals surface area contributed by atoms with E-state index < -0.39 is 0 Å². The molecule has 4 heteroatoms. The largest absolute Gasteiger partial charge is 0.478 e. The van der Waals surface area contributed by atoms with E-state index in [1.807, 2.05) is 25.1 Å². The highest BCUT2D eigenvalue weighted by Gasteiger charge is 2.16. The minimum atomic E-state index is 0.656. The van der Waals surface area contributed by atoms with Gasteiger partial charge in [0.1, 0.15) is 5.82 Å². The molecule has 0 bridgehead atoms. The smallest absolute Gasteiger partial charge is 0.215 e. The van der Waals surface area contributed by atoms with Gasteiger partial charge in [0.25, 0.3) is 0 Å². The van der Waals surface area contributed by atoms with Crippen molar-refractivity contribution in [3.8, 4) is 5.88 Å². The van der Waals surface area contributed by atoms with Crippen LogP contribution in [-0.4, -0.2) is 42.2 Å². The maximum atomic E-state index is 5.40. The van der Waals surface area contributed by atoms with E-state index in [1.54, 1.807) is 0 Å². The van der Waals surface area contributed by atoms with Crippen LogP contribution in [0.25, 0.3) is 0 Å². The predicted molar refractivity (Wildman–Crippen MR) is 83.4 cm³/mol. The van der Waals surface area contributed by atoms with Crippen LogP contribution in [-0.2, 0) is 0 Å². The lowest BCUT2D eigenvalue weighted by molar-refractivity contribution is 0.160. The van der Waals surface area contributed by atoms with Crippen LogP contribution >= 0.6 is 0 Å². The molecule has 0 spiro atoms. The molecule has 1 N–H and O–H groups in total. The SMILES string of the molecule is CCOc1cccc(NCCCN2CCCCC2C)n1. The summed E-state index contributed by atoms with van der Waals surface area (Å²) >= 11 is 0. The number of piperidine rings is 1. The number of nitrogens with zero attached hydrogens (tertiary/aromatic N) is 2. The topological polar surface area (TPSA) is 37.4 Å². The summed E-state index contributed by atoms with van der Waals surface area (Å²) in [6, 6.07) is 6.62. The first-order valence-electron chi connectivity index (χ1n) is 7.87. The summed E-state index contributed by atoms with van der Waals surface area (Å²) in [5.74, 6) is 1.60. The van der Waals surface area contributed by atoms with Gasteiger partial charge in [-0.3, -0.25) is 0 Å². The molecule has 0 aliphatic carbocycles. The fraction of sp³-hybridized carbons (Fsp3) is 0.688. The highest BCUT2D eigenvalue weighted by atomic mass is 16.5. The second-order valence-corrected chi connectivity index (χ2v) is 5.46. The molecular weight excluding hydrogens is 250 g/mol. The molecule has 2 rings (SSSR count). The minimum absolute atomic E-state index is 0.656. The van der Waals surface area contributed by atoms with Gasteiger partial charge in [0.2, 0.25) is 5.88 Å². The van der Waals surface area contributed by atoms with Gasteiger partial charge in [0.05, 0.1) is 6.61 Å². The molecule has 2 heterocycles. The first-order valence-corrected chi connectivity index (χ1v) is 7.87. The lowest BCUT2D eigenvalue weighted by Crippen LogP contribution is -2.38. The number of ether oxygens (including phenoxy) is 1. The summed E-state index contributed by atoms with van der Waals surface area (Å²) < 4.78 is 5.40. The zero-order valence-electron chi connectivity index (χ0n) is 12.8. The van der Waals surface area contributed by atoms with Crippen molar-refractivity contribution >= 4 is 5.82 Å². The summed E-state index contributed by atoms with van der Waals surface area (Å²) in [6.07, 6.45) is 5.26. The molecule has 0 amide bonds. The molecule has 0 saturated carbocycles. The molecule has 1 atom stereocenters. The van der Waals surface area contributed by atoms with E-state index in [9.17, 15) is 0 Å². The Labute approximate surface area is 122 Å². The summed E-state index contributed by atoms with van der Waals surface area (Å²) in [4.78, 5) is 7.02. The number of hydrogen-bond donors (Lipinski definition) is 1. The van der Waals surface area contributed by atoms with Crippen LogP contribution in [0.15, 0.2) is 18.2 Å². The fourth-order valence-corrected chi connectivity index (χ4v) is 2.73. The number of rotatable bonds is 7. The van der Waals surface area contributed by atoms with E-state index in [-0.39, 0.29) is 0 Å². The van der Waals surface area contributed by atoms with E-state index >= 15 is 0 Å². The van der Waals surface area contributed by atoms with Gasteiger partial charge in [-0.15, -0.1) is 0 Å². The standard InChI is InChI=1S/C16H27N3O/c1-3-20-16-10-6-9-15(18-16)17-11-7-13-19-12-5-4-8-14(19)2/h6,9-10,14H,3-5,7-8,11-13H2,1-2H3,(H,17,18). The first-order chi connectivity index (χ1) is 9.79. The predicted octanol–water partition coefficient (Wildman–Crippen LogP) is 3.16. The lowest BCUT2D eigenvalue weighted by Gasteiger charge is -2.33. The van der Waals surface area contributed by atoms with Crippen molar-refractivity contribution in [1.82, 2.24) is 9.88 Å². The summed E-state index contributed by atoms with van der Waals surface area (Å²) in [5.41, 5.74) is 0. The van der Waals surface area contributed by atoms with Crippen LogP contribution in [0.2, 0.25) is 0 Å². The second-order valence-electron chi connectivity index (χ2n) is 5.46. The maximum absolute atomic E-state index is 5.40. The van der Waals surface area contributed by atoms with Crippen LogP contribution in [0.3, 0.4) is 0 Å². The molecule has 1 aliphatic heterocycles. The highest BCUT2D eigenvalue weighted by molar-refractivity contribution is 5.36. The normalized spacial score (nSPS) is 19.8. The summed E-state index contributed by atoms with van der Waals surface area (Å²) in [7, 11) is 0. The first kappa shape index (κ1) is 15.1. The molecule has 0 aromatic carbocycles. The highest BCUT2D eigenvalue weighted by Crippen LogP contribution is 2.16. The Balaban J connectivity index is 1.68. The van der Waals surface area contributed by atoms with Crippen molar-refractivity contribution < 1.29 is 4.74 Å². The molecule has 1 fully saturated rings. The van der Waals surface area contributed by atoms with Gasteiger partial charge in [0.15, 0.2) is 0 Å². The van der Waals surface area contributed by atoms with E-state index in [2.05, 4.69) is 22.1 Å². The Morgan fingerprint density at radius 2 is 2.30 bits per heavy atom. The van der Waals surface area contributed by atoms with E-state index in [1.165, 1.54) is 32.4 Å². The molecule has 1 saturated heterocycles. The maximum Gasteiger partial charge on any atom is 0.215 e. The van der Waals surface area contributed by atoms with Crippen molar-refractivity contribution in [2.45, 2.75) is 45.6 Å². The molecular formula is C16H27N3O. The number of anilines is 1. The molecule has 4 nitrogen and oxygen atoms in total. The van der Waals surface area contributed by atoms with Crippen LogP contribution in [0.5, 0.6) is 5.88 Å². The molecule has 20 heavy (non-hydrogen) atoms. The van der Waals surface area contributed by atoms with Crippen LogP contribution in [0.1, 0.15) is 39.5 Å². The molecule has 1 aromatic heterocycles. The average Bonchev–Trinajstić information content (AvgIpc) is 2.46. The molecule has 1 aromatic rings. The number of hydrogen-bond acceptors (Lipinski definition) is 4. The average molecular weight is 277 g/mol. The van der Waals surface area contributed by atoms with Crippen LogP contribution < -0.4 is 10.1 Å². The number of pyridine rings is 1. The van der Waals surface area contributed by atoms with Gasteiger partial charge < -0.3 is 15.0 Å². The van der Waals surface area contributed by atoms with E-state index in [0.717, 1.165) is 24.8 Å². The van der Waals surface area contributed by atoms with Crippen LogP contribution in [0, 0.1) is 0 Å². The summed E-state index contributed by atoms with van der Waals surface area (Å²) in [6.45, 7) is 8.38. The fourth-order valence-electron chi connectivity index (χ4n) is 2.73. The number of aromatic nitrogens is 1. The Bertz CT molecular complexity index is 397. The van der Waals surface area contributed by atoms with Crippen molar-refractivity contribution in [1.29, 1.82) is 0 Å². The number of nitrogens with one attached hydrogen (secondary N) is 1. The summed E-state index contributed by atoms with van der Waals surface area (Å²) in [5, 5.41) is 3.38. The third-order valence-corrected chi connectivity index (χ3v) is 3.88. The van der Waals surface area contributed by atoms with Gasteiger partial charge in [-0.2, -0.15) is 4.98 Å². The van der Waals surface area contributed by atoms with Crippen molar-refractivity contribution in [3.05, 3.63) is 18.2 Å². The van der Waals surface area contributed by atoms with Gasteiger partial charge in [0, 0.05) is 25.2 Å². The minimum Gasteiger partial charge on any atom is -0.478 e. The van der Waals surface area contributed by atoms with E-state index in [4.69, 9.17) is 4.74 Å². The molecule has 112 valence electrons. The van der Waals surface area contributed by atoms with Gasteiger partial charge >= 0.3 is 0 Å². The third-order valence-electron chi connectivity index (χ3n) is 3.88. The van der Waals surface area contributed by atoms with Gasteiger partial charge in [-0.05, 0) is 45.7 Å². The van der Waals surface area contributed by atoms with Crippen molar-refractivity contribution in [2.24, 2.45) is 0 Å². The Hall–Kier alpha value is -1.29. The van der Waals surface area contributed by atoms with Gasteiger partial charge in [-0.25, -0.2) is 0 Å². The quantitative estimate of drug-likeness (QED) is 0.777. The molecule has 1 aliphatic rings. The molecule has 0 radical (unpaired) electrons. The molecule has 1 unspecified atom stereocenters. The zero-order chi connectivity index (χ0) is 14.2. The lowest BCUT2D eigenvalue weighted by atomic mass is 10.0. The Morgan fingerprint density at radius 1 is 1.40 bits per heavy atom. The second kappa shape index (κ2) is 8.10. The third kappa shape index (κ3) is 4.67. The van der Waals surface area contributed by atoms with Crippen molar-refractivity contribution in [3.63, 3.8) is 0 Å². The van der Waals surface area contributed by atoms with Crippen LogP contribution in [0.4, 0.5) is 5.82 Å². The Kier molecular flexibility index (Phi) is 6.12. The van der Waals surface area contributed by atoms with Gasteiger partial charge in [-0.1, -0.05) is 12.5 Å².